The number of aromatic amines is 1. The van der Waals surface area contributed by atoms with Crippen LogP contribution in [0.3, 0.4) is 0 Å². The van der Waals surface area contributed by atoms with Crippen LogP contribution in [-0.2, 0) is 17.6 Å². The number of hydrogen-bond acceptors (Lipinski definition) is 5. The molecule has 0 saturated carbocycles. The summed E-state index contributed by atoms with van der Waals surface area (Å²) in [6.45, 7) is 0. The van der Waals surface area contributed by atoms with E-state index in [-0.39, 0.29) is 11.5 Å². The standard InChI is InChI=1S/C25H26N2O5/c1-30-21-12-15(13-22(31-2)24(21)32-3)8-11-23(28)26-16-9-10-18-17-6-4-5-7-19(17)25(29)27-20(18)14-16/h8-14H,4-7H2,1-3H3,(H,26,28)(H,27,29)/b11-8+. The molecule has 4 rings (SSSR count). The molecule has 1 aromatic heterocycles. The average Bonchev–Trinajstić information content (AvgIpc) is 2.82. The predicted octanol–water partition coefficient (Wildman–Crippen LogP) is 4.08. The van der Waals surface area contributed by atoms with Gasteiger partial charge in [0.05, 0.1) is 26.8 Å². The molecule has 1 heterocycles. The second-order valence-electron chi connectivity index (χ2n) is 7.66. The summed E-state index contributed by atoms with van der Waals surface area (Å²) < 4.78 is 16.0. The number of hydrogen-bond donors (Lipinski definition) is 2. The van der Waals surface area contributed by atoms with Crippen molar-refractivity contribution >= 4 is 28.6 Å². The Hall–Kier alpha value is -3.74. The van der Waals surface area contributed by atoms with Crippen molar-refractivity contribution < 1.29 is 19.0 Å². The van der Waals surface area contributed by atoms with E-state index in [1.54, 1.807) is 38.5 Å². The van der Waals surface area contributed by atoms with Crippen molar-refractivity contribution in [2.45, 2.75) is 25.7 Å². The highest BCUT2D eigenvalue weighted by Gasteiger charge is 2.16. The molecule has 166 valence electrons. The number of nitrogens with one attached hydrogen (secondary N) is 2. The molecule has 2 N–H and O–H groups in total. The van der Waals surface area contributed by atoms with Gasteiger partial charge in [-0.05, 0) is 67.2 Å². The van der Waals surface area contributed by atoms with Crippen LogP contribution in [0.25, 0.3) is 17.0 Å². The molecule has 2 aromatic carbocycles. The average molecular weight is 434 g/mol. The summed E-state index contributed by atoms with van der Waals surface area (Å²) in [6, 6.07) is 9.15. The number of H-pyrrole nitrogens is 1. The Morgan fingerprint density at radius 2 is 1.66 bits per heavy atom. The molecule has 0 saturated heterocycles. The van der Waals surface area contributed by atoms with Gasteiger partial charge in [-0.2, -0.15) is 0 Å². The van der Waals surface area contributed by atoms with Crippen molar-refractivity contribution in [3.8, 4) is 17.2 Å². The summed E-state index contributed by atoms with van der Waals surface area (Å²) in [5, 5.41) is 3.90. The van der Waals surface area contributed by atoms with Crippen LogP contribution in [0, 0.1) is 0 Å². The summed E-state index contributed by atoms with van der Waals surface area (Å²) in [5.41, 5.74) is 4.08. The third-order valence-electron chi connectivity index (χ3n) is 5.72. The van der Waals surface area contributed by atoms with Crippen molar-refractivity contribution in [1.29, 1.82) is 0 Å². The fourth-order valence-corrected chi connectivity index (χ4v) is 4.19. The Balaban J connectivity index is 1.55. The molecule has 1 aliphatic rings. The summed E-state index contributed by atoms with van der Waals surface area (Å²) in [4.78, 5) is 27.9. The number of fused-ring (bicyclic) bond motifs is 3. The first-order valence-electron chi connectivity index (χ1n) is 10.5. The van der Waals surface area contributed by atoms with Crippen molar-refractivity contribution in [3.05, 3.63) is 63.5 Å². The first kappa shape index (κ1) is 21.5. The van der Waals surface area contributed by atoms with Crippen molar-refractivity contribution in [2.24, 2.45) is 0 Å². The van der Waals surface area contributed by atoms with Crippen LogP contribution in [0.2, 0.25) is 0 Å². The number of rotatable bonds is 6. The topological polar surface area (TPSA) is 89.7 Å². The molecule has 32 heavy (non-hydrogen) atoms. The fourth-order valence-electron chi connectivity index (χ4n) is 4.19. The van der Waals surface area contributed by atoms with E-state index in [4.69, 9.17) is 14.2 Å². The predicted molar refractivity (Wildman–Crippen MR) is 125 cm³/mol. The molecule has 0 spiro atoms. The lowest BCUT2D eigenvalue weighted by Crippen LogP contribution is -2.19. The van der Waals surface area contributed by atoms with E-state index in [0.29, 0.717) is 22.9 Å². The third-order valence-corrected chi connectivity index (χ3v) is 5.72. The maximum Gasteiger partial charge on any atom is 0.251 e. The van der Waals surface area contributed by atoms with Gasteiger partial charge in [0, 0.05) is 22.7 Å². The monoisotopic (exact) mass is 434 g/mol. The van der Waals surface area contributed by atoms with Gasteiger partial charge >= 0.3 is 0 Å². The van der Waals surface area contributed by atoms with Gasteiger partial charge in [0.1, 0.15) is 0 Å². The van der Waals surface area contributed by atoms with Crippen LogP contribution < -0.4 is 25.1 Å². The zero-order valence-corrected chi connectivity index (χ0v) is 18.4. The zero-order valence-electron chi connectivity index (χ0n) is 18.4. The van der Waals surface area contributed by atoms with E-state index in [9.17, 15) is 9.59 Å². The van der Waals surface area contributed by atoms with Crippen LogP contribution in [0.5, 0.6) is 17.2 Å². The number of carbonyl (C=O) groups excluding carboxylic acids is 1. The van der Waals surface area contributed by atoms with Gasteiger partial charge < -0.3 is 24.5 Å². The molecule has 7 nitrogen and oxygen atoms in total. The number of pyridine rings is 1. The smallest absolute Gasteiger partial charge is 0.251 e. The van der Waals surface area contributed by atoms with Gasteiger partial charge in [0.2, 0.25) is 11.7 Å². The van der Waals surface area contributed by atoms with Crippen LogP contribution in [0.4, 0.5) is 5.69 Å². The van der Waals surface area contributed by atoms with E-state index >= 15 is 0 Å². The van der Waals surface area contributed by atoms with Crippen LogP contribution in [-0.4, -0.2) is 32.2 Å². The molecule has 0 unspecified atom stereocenters. The summed E-state index contributed by atoms with van der Waals surface area (Å²) in [7, 11) is 4.62. The van der Waals surface area contributed by atoms with Gasteiger partial charge in [0.25, 0.3) is 5.56 Å². The second-order valence-corrected chi connectivity index (χ2v) is 7.66. The van der Waals surface area contributed by atoms with E-state index in [0.717, 1.165) is 53.3 Å². The van der Waals surface area contributed by atoms with Crippen molar-refractivity contribution in [2.75, 3.05) is 26.6 Å². The highest BCUT2D eigenvalue weighted by atomic mass is 16.5. The fraction of sp³-hybridized carbons (Fsp3) is 0.280. The summed E-state index contributed by atoms with van der Waals surface area (Å²) in [6.07, 6.45) is 6.98. The Kier molecular flexibility index (Phi) is 6.16. The molecular formula is C25H26N2O5. The molecule has 0 aliphatic heterocycles. The van der Waals surface area contributed by atoms with Crippen molar-refractivity contribution in [3.63, 3.8) is 0 Å². The maximum absolute atomic E-state index is 12.5. The number of methoxy groups -OCH3 is 3. The van der Waals surface area contributed by atoms with Crippen LogP contribution in [0.15, 0.2) is 41.2 Å². The van der Waals surface area contributed by atoms with E-state index < -0.39 is 0 Å². The molecule has 3 aromatic rings. The number of anilines is 1. The van der Waals surface area contributed by atoms with Gasteiger partial charge in [-0.1, -0.05) is 6.07 Å². The number of benzene rings is 2. The number of carbonyl (C=O) groups is 1. The lowest BCUT2D eigenvalue weighted by molar-refractivity contribution is -0.111. The molecule has 0 bridgehead atoms. The Morgan fingerprint density at radius 1 is 0.969 bits per heavy atom. The van der Waals surface area contributed by atoms with E-state index in [1.807, 2.05) is 12.1 Å². The Morgan fingerprint density at radius 3 is 2.31 bits per heavy atom. The molecule has 7 heteroatoms. The summed E-state index contributed by atoms with van der Waals surface area (Å²) in [5.74, 6) is 1.21. The van der Waals surface area contributed by atoms with Crippen LogP contribution >= 0.6 is 0 Å². The van der Waals surface area contributed by atoms with E-state index in [1.165, 1.54) is 13.2 Å². The molecular weight excluding hydrogens is 408 g/mol. The molecule has 1 aliphatic carbocycles. The van der Waals surface area contributed by atoms with Crippen LogP contribution in [0.1, 0.15) is 29.5 Å². The number of aryl methyl sites for hydroxylation is 1. The number of ether oxygens (including phenoxy) is 3. The maximum atomic E-state index is 12.5. The molecule has 0 atom stereocenters. The van der Waals surface area contributed by atoms with Gasteiger partial charge in [-0.15, -0.1) is 0 Å². The molecule has 0 fully saturated rings. The van der Waals surface area contributed by atoms with E-state index in [2.05, 4.69) is 10.3 Å². The highest BCUT2D eigenvalue weighted by Crippen LogP contribution is 2.38. The number of aromatic nitrogens is 1. The minimum atomic E-state index is -0.293. The van der Waals surface area contributed by atoms with Crippen molar-refractivity contribution in [1.82, 2.24) is 4.98 Å². The Labute approximate surface area is 186 Å². The quantitative estimate of drug-likeness (QED) is 0.571. The number of amides is 1. The first-order chi connectivity index (χ1) is 15.5. The molecule has 1 amide bonds. The largest absolute Gasteiger partial charge is 0.493 e. The normalized spacial score (nSPS) is 13.1. The summed E-state index contributed by atoms with van der Waals surface area (Å²) >= 11 is 0. The second kappa shape index (κ2) is 9.18. The van der Waals surface area contributed by atoms with Gasteiger partial charge in [-0.3, -0.25) is 9.59 Å². The lowest BCUT2D eigenvalue weighted by Gasteiger charge is -2.17. The highest BCUT2D eigenvalue weighted by molar-refractivity contribution is 6.03. The lowest BCUT2D eigenvalue weighted by atomic mass is 9.90. The van der Waals surface area contributed by atoms with Gasteiger partial charge in [-0.25, -0.2) is 0 Å². The minimum absolute atomic E-state index is 0.0297. The molecule has 0 radical (unpaired) electrons. The third kappa shape index (κ3) is 4.19. The Bertz CT molecular complexity index is 1230. The zero-order chi connectivity index (χ0) is 22.7. The minimum Gasteiger partial charge on any atom is -0.493 e. The van der Waals surface area contributed by atoms with Gasteiger partial charge in [0.15, 0.2) is 11.5 Å². The SMILES string of the molecule is COc1cc(/C=C/C(=O)Nc2ccc3c4c(c(=O)[nH]c3c2)CCCC4)cc(OC)c1OC. The first-order valence-corrected chi connectivity index (χ1v) is 10.5.